The number of hydrogen-bond donors (Lipinski definition) is 0. The molecule has 0 unspecified atom stereocenters. The minimum atomic E-state index is 0.915. The van der Waals surface area contributed by atoms with E-state index in [1.54, 1.807) is 0 Å². The van der Waals surface area contributed by atoms with E-state index in [2.05, 4.69) is 176 Å². The van der Waals surface area contributed by atoms with Gasteiger partial charge in [0.05, 0.1) is 0 Å². The second-order valence-electron chi connectivity index (χ2n) is 13.6. The summed E-state index contributed by atoms with van der Waals surface area (Å²) in [5.41, 5.74) is 9.23. The number of rotatable bonds is 3. The molecule has 0 atom stereocenters. The molecule has 0 radical (unpaired) electrons. The van der Waals surface area contributed by atoms with Crippen molar-refractivity contribution in [3.63, 3.8) is 0 Å². The third-order valence-electron chi connectivity index (χ3n) is 10.8. The Bertz CT molecular complexity index is 3200. The van der Waals surface area contributed by atoms with Gasteiger partial charge < -0.3 is 4.42 Å². The lowest BCUT2D eigenvalue weighted by Gasteiger charge is -2.19. The smallest absolute Gasteiger partial charge is 0.143 e. The van der Waals surface area contributed by atoms with Crippen LogP contribution in [-0.4, -0.2) is 0 Å². The first kappa shape index (κ1) is 28.2. The van der Waals surface area contributed by atoms with E-state index in [0.29, 0.717) is 0 Å². The average molecular weight is 647 g/mol. The molecule has 51 heavy (non-hydrogen) atoms. The molecule has 1 heterocycles. The summed E-state index contributed by atoms with van der Waals surface area (Å²) in [4.78, 5) is 0. The van der Waals surface area contributed by atoms with Gasteiger partial charge in [0.1, 0.15) is 11.2 Å². The highest BCUT2D eigenvalue weighted by atomic mass is 16.3. The number of fused-ring (bicyclic) bond motifs is 9. The Morgan fingerprint density at radius 2 is 0.765 bits per heavy atom. The van der Waals surface area contributed by atoms with E-state index >= 15 is 0 Å². The van der Waals surface area contributed by atoms with Crippen LogP contribution in [0.5, 0.6) is 0 Å². The van der Waals surface area contributed by atoms with Crippen molar-refractivity contribution < 1.29 is 4.42 Å². The number of hydrogen-bond acceptors (Lipinski definition) is 1. The minimum absolute atomic E-state index is 0.915. The first-order valence-corrected chi connectivity index (χ1v) is 17.6. The molecular formula is C50H30O. The summed E-state index contributed by atoms with van der Waals surface area (Å²) in [6.45, 7) is 0. The summed E-state index contributed by atoms with van der Waals surface area (Å²) in [6.07, 6.45) is 0. The average Bonchev–Trinajstić information content (AvgIpc) is 3.58. The Hall–Kier alpha value is -6.70. The van der Waals surface area contributed by atoms with Crippen molar-refractivity contribution in [2.45, 2.75) is 0 Å². The molecule has 1 nitrogen and oxygen atoms in total. The van der Waals surface area contributed by atoms with E-state index in [1.807, 2.05) is 6.07 Å². The topological polar surface area (TPSA) is 13.1 Å². The largest absolute Gasteiger partial charge is 0.455 e. The highest BCUT2D eigenvalue weighted by molar-refractivity contribution is 6.24. The van der Waals surface area contributed by atoms with Crippen LogP contribution >= 0.6 is 0 Å². The van der Waals surface area contributed by atoms with E-state index in [4.69, 9.17) is 4.42 Å². The fourth-order valence-electron chi connectivity index (χ4n) is 8.44. The Morgan fingerprint density at radius 1 is 0.275 bits per heavy atom. The molecule has 1 heteroatoms. The summed E-state index contributed by atoms with van der Waals surface area (Å²) in [5.74, 6) is 0. The second kappa shape index (κ2) is 10.9. The van der Waals surface area contributed by atoms with Gasteiger partial charge in [-0.3, -0.25) is 0 Å². The van der Waals surface area contributed by atoms with Gasteiger partial charge in [-0.1, -0.05) is 152 Å². The summed E-state index contributed by atoms with van der Waals surface area (Å²) < 4.78 is 6.48. The molecule has 0 aliphatic carbocycles. The molecule has 0 bridgehead atoms. The summed E-state index contributed by atoms with van der Waals surface area (Å²) in [6, 6.07) is 66.5. The molecule has 10 aromatic carbocycles. The molecular weight excluding hydrogens is 617 g/mol. The predicted molar refractivity (Wildman–Crippen MR) is 218 cm³/mol. The quantitative estimate of drug-likeness (QED) is 0.174. The Morgan fingerprint density at radius 3 is 1.43 bits per heavy atom. The number of furan rings is 1. The van der Waals surface area contributed by atoms with Gasteiger partial charge in [0.15, 0.2) is 0 Å². The maximum Gasteiger partial charge on any atom is 0.143 e. The number of para-hydroxylation sites is 1. The molecule has 11 rings (SSSR count). The van der Waals surface area contributed by atoms with Crippen LogP contribution in [0.1, 0.15) is 0 Å². The van der Waals surface area contributed by atoms with Gasteiger partial charge in [-0.2, -0.15) is 0 Å². The molecule has 0 aliphatic rings. The van der Waals surface area contributed by atoms with Crippen LogP contribution in [0.4, 0.5) is 0 Å². The molecule has 0 amide bonds. The van der Waals surface area contributed by atoms with E-state index in [9.17, 15) is 0 Å². The maximum absolute atomic E-state index is 6.48. The molecule has 0 N–H and O–H groups in total. The zero-order valence-corrected chi connectivity index (χ0v) is 27.7. The van der Waals surface area contributed by atoms with Gasteiger partial charge in [0.2, 0.25) is 0 Å². The molecule has 0 saturated carbocycles. The molecule has 0 fully saturated rings. The highest BCUT2D eigenvalue weighted by Crippen LogP contribution is 2.47. The van der Waals surface area contributed by atoms with Crippen LogP contribution in [0.15, 0.2) is 186 Å². The molecule has 0 spiro atoms. The monoisotopic (exact) mass is 646 g/mol. The van der Waals surface area contributed by atoms with Crippen molar-refractivity contribution in [2.24, 2.45) is 0 Å². The third kappa shape index (κ3) is 4.28. The summed E-state index contributed by atoms with van der Waals surface area (Å²) >= 11 is 0. The van der Waals surface area contributed by atoms with E-state index in [0.717, 1.165) is 27.3 Å². The minimum Gasteiger partial charge on any atom is -0.455 e. The van der Waals surface area contributed by atoms with E-state index in [1.165, 1.54) is 81.9 Å². The normalized spacial score (nSPS) is 11.9. The standard InChI is InChI=1S/C50H30O/c1-3-13-33-27-36(23-21-31(33)11-1)48-40-17-6-7-18-41(40)49(37-24-22-32-12-2-4-14-34(32)28-37)45-29-35(25-26-42(45)48)44-30-46-39-16-9-10-20-47(39)51-50(46)43-19-8-5-15-38(43)44/h1-30H. The van der Waals surface area contributed by atoms with Gasteiger partial charge in [0, 0.05) is 16.2 Å². The molecule has 11 aromatic rings. The van der Waals surface area contributed by atoms with Gasteiger partial charge in [-0.25, -0.2) is 0 Å². The zero-order valence-electron chi connectivity index (χ0n) is 27.7. The Balaban J connectivity index is 1.27. The molecule has 0 aliphatic heterocycles. The van der Waals surface area contributed by atoms with Crippen molar-refractivity contribution in [2.75, 3.05) is 0 Å². The van der Waals surface area contributed by atoms with Crippen LogP contribution < -0.4 is 0 Å². The van der Waals surface area contributed by atoms with Crippen molar-refractivity contribution >= 4 is 75.8 Å². The van der Waals surface area contributed by atoms with Crippen molar-refractivity contribution in [3.8, 4) is 33.4 Å². The first-order valence-electron chi connectivity index (χ1n) is 17.6. The van der Waals surface area contributed by atoms with Crippen LogP contribution in [0.25, 0.3) is 109 Å². The van der Waals surface area contributed by atoms with Crippen molar-refractivity contribution in [1.29, 1.82) is 0 Å². The SMILES string of the molecule is c1ccc2cc(-c3c4ccccc4c(-c4ccc5ccccc5c4)c4cc(-c5cc6c7ccccc7oc6c6ccccc56)ccc34)ccc2c1. The third-order valence-corrected chi connectivity index (χ3v) is 10.8. The highest BCUT2D eigenvalue weighted by Gasteiger charge is 2.20. The van der Waals surface area contributed by atoms with Gasteiger partial charge in [-0.05, 0) is 112 Å². The van der Waals surface area contributed by atoms with Gasteiger partial charge in [-0.15, -0.1) is 0 Å². The van der Waals surface area contributed by atoms with Crippen molar-refractivity contribution in [3.05, 3.63) is 182 Å². The molecule has 236 valence electrons. The van der Waals surface area contributed by atoms with Crippen molar-refractivity contribution in [1.82, 2.24) is 0 Å². The number of benzene rings is 10. The molecule has 1 aromatic heterocycles. The first-order chi connectivity index (χ1) is 25.3. The van der Waals surface area contributed by atoms with E-state index < -0.39 is 0 Å². The lowest BCUT2D eigenvalue weighted by atomic mass is 9.83. The van der Waals surface area contributed by atoms with Gasteiger partial charge in [0.25, 0.3) is 0 Å². The lowest BCUT2D eigenvalue weighted by Crippen LogP contribution is -1.92. The van der Waals surface area contributed by atoms with Gasteiger partial charge >= 0.3 is 0 Å². The van der Waals surface area contributed by atoms with Crippen LogP contribution in [0.2, 0.25) is 0 Å². The fraction of sp³-hybridized carbons (Fsp3) is 0. The fourth-order valence-corrected chi connectivity index (χ4v) is 8.44. The molecule has 0 saturated heterocycles. The summed E-state index contributed by atoms with van der Waals surface area (Å²) in [7, 11) is 0. The van der Waals surface area contributed by atoms with E-state index in [-0.39, 0.29) is 0 Å². The predicted octanol–water partition coefficient (Wildman–Crippen LogP) is 14.4. The Labute approximate surface area is 294 Å². The van der Waals surface area contributed by atoms with Crippen LogP contribution in [0, 0.1) is 0 Å². The zero-order chi connectivity index (χ0) is 33.5. The maximum atomic E-state index is 6.48. The Kier molecular flexibility index (Phi) is 6.02. The lowest BCUT2D eigenvalue weighted by molar-refractivity contribution is 0.672. The second-order valence-corrected chi connectivity index (χ2v) is 13.6. The van der Waals surface area contributed by atoms with Crippen LogP contribution in [0.3, 0.4) is 0 Å². The summed E-state index contributed by atoms with van der Waals surface area (Å²) in [5, 5.41) is 14.6. The van der Waals surface area contributed by atoms with Crippen LogP contribution in [-0.2, 0) is 0 Å².